The van der Waals surface area contributed by atoms with Gasteiger partial charge in [0.2, 0.25) is 0 Å². The summed E-state index contributed by atoms with van der Waals surface area (Å²) in [6.07, 6.45) is 7.59. The summed E-state index contributed by atoms with van der Waals surface area (Å²) >= 11 is 0. The van der Waals surface area contributed by atoms with Gasteiger partial charge in [0.15, 0.2) is 17.3 Å². The van der Waals surface area contributed by atoms with Crippen LogP contribution in [0, 0.1) is 6.92 Å². The van der Waals surface area contributed by atoms with Crippen LogP contribution in [0.15, 0.2) is 73.2 Å². The number of pyridine rings is 1. The van der Waals surface area contributed by atoms with Crippen LogP contribution in [0.3, 0.4) is 0 Å². The summed E-state index contributed by atoms with van der Waals surface area (Å²) in [7, 11) is 1.57. The van der Waals surface area contributed by atoms with Gasteiger partial charge in [-0.05, 0) is 68.2 Å². The molecule has 0 bridgehead atoms. The lowest BCUT2D eigenvalue weighted by molar-refractivity contribution is 0.203. The zero-order chi connectivity index (χ0) is 24.2. The SMILES string of the molecule is COc1ccc(CN2CCC(c3nc(-c4ccncc4)ncc3-c3cccc(C)c3)CC2)cc1O. The molecule has 1 saturated heterocycles. The largest absolute Gasteiger partial charge is 0.504 e. The molecule has 1 aliphatic rings. The number of likely N-dealkylation sites (tertiary alicyclic amines) is 1. The van der Waals surface area contributed by atoms with Gasteiger partial charge in [0, 0.05) is 42.2 Å². The van der Waals surface area contributed by atoms with Crippen molar-refractivity contribution in [1.82, 2.24) is 19.9 Å². The summed E-state index contributed by atoms with van der Waals surface area (Å²) in [6.45, 7) is 4.87. The Hall–Kier alpha value is -3.77. The third kappa shape index (κ3) is 5.17. The van der Waals surface area contributed by atoms with E-state index in [0.717, 1.165) is 66.2 Å². The van der Waals surface area contributed by atoms with Crippen LogP contribution in [0.1, 0.15) is 35.6 Å². The van der Waals surface area contributed by atoms with E-state index in [0.29, 0.717) is 11.7 Å². The van der Waals surface area contributed by atoms with Crippen LogP contribution in [-0.2, 0) is 6.54 Å². The predicted molar refractivity (Wildman–Crippen MR) is 137 cm³/mol. The fraction of sp³-hybridized carbons (Fsp3) is 0.276. The first-order valence-corrected chi connectivity index (χ1v) is 12.0. The number of ether oxygens (including phenoxy) is 1. The van der Waals surface area contributed by atoms with Gasteiger partial charge in [0.1, 0.15) is 0 Å². The molecule has 0 atom stereocenters. The van der Waals surface area contributed by atoms with Crippen molar-refractivity contribution in [2.24, 2.45) is 0 Å². The lowest BCUT2D eigenvalue weighted by Gasteiger charge is -2.32. The van der Waals surface area contributed by atoms with Gasteiger partial charge in [0.05, 0.1) is 12.8 Å². The number of methoxy groups -OCH3 is 1. The number of aromatic nitrogens is 3. The zero-order valence-electron chi connectivity index (χ0n) is 20.2. The molecule has 1 fully saturated rings. The molecule has 0 amide bonds. The lowest BCUT2D eigenvalue weighted by Crippen LogP contribution is -2.33. The molecule has 3 heterocycles. The van der Waals surface area contributed by atoms with E-state index in [9.17, 15) is 5.11 Å². The number of aromatic hydroxyl groups is 1. The quantitative estimate of drug-likeness (QED) is 0.398. The van der Waals surface area contributed by atoms with Crippen LogP contribution < -0.4 is 4.74 Å². The Kier molecular flexibility index (Phi) is 6.73. The highest BCUT2D eigenvalue weighted by Crippen LogP contribution is 2.36. The summed E-state index contributed by atoms with van der Waals surface area (Å²) in [4.78, 5) is 16.4. The van der Waals surface area contributed by atoms with Gasteiger partial charge in [-0.25, -0.2) is 9.97 Å². The molecule has 6 nitrogen and oxygen atoms in total. The maximum atomic E-state index is 10.1. The third-order valence-corrected chi connectivity index (χ3v) is 6.71. The monoisotopic (exact) mass is 466 g/mol. The molecule has 5 rings (SSSR count). The van der Waals surface area contributed by atoms with Gasteiger partial charge in [-0.1, -0.05) is 35.9 Å². The maximum Gasteiger partial charge on any atom is 0.160 e. The molecular formula is C29H30N4O2. The molecule has 2 aromatic heterocycles. The molecular weight excluding hydrogens is 436 g/mol. The van der Waals surface area contributed by atoms with E-state index in [1.165, 1.54) is 5.56 Å². The average molecular weight is 467 g/mol. The Morgan fingerprint density at radius 3 is 2.51 bits per heavy atom. The van der Waals surface area contributed by atoms with Crippen molar-refractivity contribution in [3.63, 3.8) is 0 Å². The summed E-state index contributed by atoms with van der Waals surface area (Å²) in [5, 5.41) is 10.1. The lowest BCUT2D eigenvalue weighted by atomic mass is 9.88. The molecule has 0 spiro atoms. The van der Waals surface area contributed by atoms with Crippen LogP contribution in [0.25, 0.3) is 22.5 Å². The first-order valence-electron chi connectivity index (χ1n) is 12.0. The Bertz CT molecular complexity index is 1300. The number of benzene rings is 2. The zero-order valence-corrected chi connectivity index (χ0v) is 20.2. The van der Waals surface area contributed by atoms with Gasteiger partial charge >= 0.3 is 0 Å². The van der Waals surface area contributed by atoms with Crippen molar-refractivity contribution in [2.75, 3.05) is 20.2 Å². The molecule has 178 valence electrons. The molecule has 35 heavy (non-hydrogen) atoms. The Morgan fingerprint density at radius 2 is 1.80 bits per heavy atom. The Morgan fingerprint density at radius 1 is 1.00 bits per heavy atom. The van der Waals surface area contributed by atoms with E-state index in [-0.39, 0.29) is 5.75 Å². The Labute approximate surface area is 206 Å². The van der Waals surface area contributed by atoms with Gasteiger partial charge in [-0.3, -0.25) is 9.88 Å². The number of nitrogens with zero attached hydrogens (tertiary/aromatic N) is 4. The van der Waals surface area contributed by atoms with Crippen LogP contribution >= 0.6 is 0 Å². The molecule has 0 unspecified atom stereocenters. The molecule has 0 saturated carbocycles. The second kappa shape index (κ2) is 10.2. The van der Waals surface area contributed by atoms with Crippen LogP contribution in [0.4, 0.5) is 0 Å². The Balaban J connectivity index is 1.39. The molecule has 4 aromatic rings. The fourth-order valence-corrected chi connectivity index (χ4v) is 4.84. The van der Waals surface area contributed by atoms with Crippen molar-refractivity contribution in [2.45, 2.75) is 32.2 Å². The number of rotatable bonds is 6. The van der Waals surface area contributed by atoms with Crippen molar-refractivity contribution < 1.29 is 9.84 Å². The van der Waals surface area contributed by atoms with Gasteiger partial charge < -0.3 is 9.84 Å². The summed E-state index contributed by atoms with van der Waals surface area (Å²) in [6, 6.07) is 18.1. The van der Waals surface area contributed by atoms with E-state index in [4.69, 9.17) is 14.7 Å². The van der Waals surface area contributed by atoms with Crippen LogP contribution in [0.5, 0.6) is 11.5 Å². The summed E-state index contributed by atoms with van der Waals surface area (Å²) < 4.78 is 5.17. The minimum atomic E-state index is 0.187. The topological polar surface area (TPSA) is 71.4 Å². The van der Waals surface area contributed by atoms with Crippen LogP contribution in [0.2, 0.25) is 0 Å². The predicted octanol–water partition coefficient (Wildman–Crippen LogP) is 5.61. The van der Waals surface area contributed by atoms with Crippen molar-refractivity contribution in [3.05, 3.63) is 90.0 Å². The van der Waals surface area contributed by atoms with E-state index in [1.54, 1.807) is 25.6 Å². The highest BCUT2D eigenvalue weighted by Gasteiger charge is 2.25. The summed E-state index contributed by atoms with van der Waals surface area (Å²) in [5.41, 5.74) is 6.70. The van der Waals surface area contributed by atoms with E-state index in [1.807, 2.05) is 30.5 Å². The molecule has 0 radical (unpaired) electrons. The van der Waals surface area contributed by atoms with E-state index >= 15 is 0 Å². The van der Waals surface area contributed by atoms with Gasteiger partial charge in [0.25, 0.3) is 0 Å². The summed E-state index contributed by atoms with van der Waals surface area (Å²) in [5.74, 6) is 1.79. The van der Waals surface area contributed by atoms with E-state index < -0.39 is 0 Å². The molecule has 6 heteroatoms. The standard InChI is InChI=1S/C29H30N4O2/c1-20-4-3-5-24(16-20)25-18-31-29(23-8-12-30-13-9-23)32-28(25)22-10-14-33(15-11-22)19-21-6-7-27(35-2)26(34)17-21/h3-9,12-13,16-18,22,34H,10-11,14-15,19H2,1-2H3. The number of phenolic OH excluding ortho intramolecular Hbond substituents is 1. The smallest absolute Gasteiger partial charge is 0.160 e. The number of hydrogen-bond acceptors (Lipinski definition) is 6. The van der Waals surface area contributed by atoms with Crippen molar-refractivity contribution >= 4 is 0 Å². The molecule has 1 aliphatic heterocycles. The van der Waals surface area contributed by atoms with Crippen LogP contribution in [-0.4, -0.2) is 45.2 Å². The highest BCUT2D eigenvalue weighted by atomic mass is 16.5. The van der Waals surface area contributed by atoms with Crippen molar-refractivity contribution in [3.8, 4) is 34.0 Å². The number of piperidine rings is 1. The first kappa shape index (κ1) is 23.0. The second-order valence-electron chi connectivity index (χ2n) is 9.15. The highest BCUT2D eigenvalue weighted by molar-refractivity contribution is 5.68. The number of aryl methyl sites for hydroxylation is 1. The first-order chi connectivity index (χ1) is 17.1. The van der Waals surface area contributed by atoms with Crippen molar-refractivity contribution in [1.29, 1.82) is 0 Å². The third-order valence-electron chi connectivity index (χ3n) is 6.71. The molecule has 2 aromatic carbocycles. The number of hydrogen-bond donors (Lipinski definition) is 1. The average Bonchev–Trinajstić information content (AvgIpc) is 2.89. The minimum absolute atomic E-state index is 0.187. The van der Waals surface area contributed by atoms with Gasteiger partial charge in [-0.2, -0.15) is 0 Å². The molecule has 0 aliphatic carbocycles. The van der Waals surface area contributed by atoms with Gasteiger partial charge in [-0.15, -0.1) is 0 Å². The fourth-order valence-electron chi connectivity index (χ4n) is 4.84. The maximum absolute atomic E-state index is 10.1. The molecule has 1 N–H and O–H groups in total. The normalized spacial score (nSPS) is 14.7. The van der Waals surface area contributed by atoms with E-state index in [2.05, 4.69) is 41.1 Å². The number of phenols is 1. The second-order valence-corrected chi connectivity index (χ2v) is 9.15. The minimum Gasteiger partial charge on any atom is -0.504 e.